The van der Waals surface area contributed by atoms with E-state index in [0.717, 1.165) is 0 Å². The molecule has 2 aromatic rings. The zero-order valence-electron chi connectivity index (χ0n) is 11.0. The Labute approximate surface area is 111 Å². The minimum absolute atomic E-state index is 0.275. The number of hydrogen-bond acceptors (Lipinski definition) is 1. The summed E-state index contributed by atoms with van der Waals surface area (Å²) in [5.41, 5.74) is 0.874. The van der Waals surface area contributed by atoms with Gasteiger partial charge in [-0.1, -0.05) is 18.2 Å². The highest BCUT2D eigenvalue weighted by atomic mass is 19.1. The smallest absolute Gasteiger partial charge is 0.123 e. The van der Waals surface area contributed by atoms with Gasteiger partial charge in [-0.15, -0.1) is 0 Å². The van der Waals surface area contributed by atoms with E-state index in [-0.39, 0.29) is 18.1 Å². The Kier molecular flexibility index (Phi) is 3.67. The zero-order valence-corrected chi connectivity index (χ0v) is 11.0. The number of benzene rings is 2. The fourth-order valence-corrected chi connectivity index (χ4v) is 2.37. The second-order valence-electron chi connectivity index (χ2n) is 5.04. The van der Waals surface area contributed by atoms with Crippen LogP contribution < -0.4 is 0 Å². The molecule has 0 aromatic heterocycles. The minimum atomic E-state index is -1.16. The molecule has 100 valence electrons. The highest BCUT2D eigenvalue weighted by Gasteiger charge is 2.25. The van der Waals surface area contributed by atoms with Crippen molar-refractivity contribution in [1.29, 1.82) is 0 Å². The van der Waals surface area contributed by atoms with Crippen molar-refractivity contribution in [2.24, 2.45) is 0 Å². The Bertz CT molecular complexity index is 591. The molecular weight excluding hydrogens is 246 g/mol. The van der Waals surface area contributed by atoms with Crippen LogP contribution in [0.5, 0.6) is 0 Å². The molecule has 3 heteroatoms. The first-order valence-electron chi connectivity index (χ1n) is 6.12. The summed E-state index contributed by atoms with van der Waals surface area (Å²) in [6, 6.07) is 10.4. The molecule has 2 aromatic carbocycles. The van der Waals surface area contributed by atoms with Gasteiger partial charge in [0.25, 0.3) is 0 Å². The normalized spacial score (nSPS) is 14.2. The van der Waals surface area contributed by atoms with Crippen LogP contribution in [-0.2, 0) is 12.0 Å². The third-order valence-electron chi connectivity index (χ3n) is 3.21. The van der Waals surface area contributed by atoms with Crippen LogP contribution in [0.2, 0.25) is 0 Å². The van der Waals surface area contributed by atoms with Crippen LogP contribution in [0.25, 0.3) is 0 Å². The molecule has 0 fully saturated rings. The molecule has 0 aliphatic rings. The highest BCUT2D eigenvalue weighted by Crippen LogP contribution is 2.28. The fraction of sp³-hybridized carbons (Fsp3) is 0.250. The summed E-state index contributed by atoms with van der Waals surface area (Å²) >= 11 is 0. The Morgan fingerprint density at radius 3 is 2.37 bits per heavy atom. The monoisotopic (exact) mass is 262 g/mol. The molecule has 0 radical (unpaired) electrons. The van der Waals surface area contributed by atoms with Crippen molar-refractivity contribution in [3.8, 4) is 0 Å². The lowest BCUT2D eigenvalue weighted by atomic mass is 9.86. The Morgan fingerprint density at radius 1 is 1.05 bits per heavy atom. The van der Waals surface area contributed by atoms with Crippen LogP contribution in [-0.4, -0.2) is 5.11 Å². The third kappa shape index (κ3) is 3.18. The van der Waals surface area contributed by atoms with Crippen molar-refractivity contribution < 1.29 is 13.9 Å². The molecule has 0 aliphatic carbocycles. The zero-order chi connectivity index (χ0) is 14.0. The summed E-state index contributed by atoms with van der Waals surface area (Å²) in [6.45, 7) is 3.40. The molecule has 1 unspecified atom stereocenters. The molecule has 0 aliphatic heterocycles. The maximum atomic E-state index is 13.1. The summed E-state index contributed by atoms with van der Waals surface area (Å²) < 4.78 is 26.2. The third-order valence-corrected chi connectivity index (χ3v) is 3.21. The molecule has 1 atom stereocenters. The van der Waals surface area contributed by atoms with E-state index < -0.39 is 5.60 Å². The van der Waals surface area contributed by atoms with E-state index >= 15 is 0 Å². The Balaban J connectivity index is 2.31. The molecule has 0 spiro atoms. The van der Waals surface area contributed by atoms with Crippen molar-refractivity contribution in [1.82, 2.24) is 0 Å². The van der Waals surface area contributed by atoms with E-state index in [0.29, 0.717) is 16.7 Å². The summed E-state index contributed by atoms with van der Waals surface area (Å²) in [4.78, 5) is 0. The lowest BCUT2D eigenvalue weighted by molar-refractivity contribution is 0.0568. The van der Waals surface area contributed by atoms with Crippen LogP contribution in [0, 0.1) is 18.6 Å². The van der Waals surface area contributed by atoms with Gasteiger partial charge in [0.05, 0.1) is 5.60 Å². The van der Waals surface area contributed by atoms with E-state index in [1.165, 1.54) is 24.3 Å². The molecule has 1 N–H and O–H groups in total. The van der Waals surface area contributed by atoms with Gasteiger partial charge in [-0.25, -0.2) is 8.78 Å². The first-order valence-corrected chi connectivity index (χ1v) is 6.12. The van der Waals surface area contributed by atoms with Gasteiger partial charge in [0.2, 0.25) is 0 Å². The SMILES string of the molecule is Cc1cc(F)ccc1C(C)(O)Cc1cccc(F)c1. The first-order chi connectivity index (χ1) is 8.88. The molecule has 0 bridgehead atoms. The van der Waals surface area contributed by atoms with Gasteiger partial charge in [0, 0.05) is 6.42 Å². The Hall–Kier alpha value is -1.74. The topological polar surface area (TPSA) is 20.2 Å². The van der Waals surface area contributed by atoms with E-state index in [1.54, 1.807) is 32.0 Å². The van der Waals surface area contributed by atoms with E-state index in [1.807, 2.05) is 0 Å². The number of halogens is 2. The summed E-state index contributed by atoms with van der Waals surface area (Å²) in [5, 5.41) is 10.6. The lowest BCUT2D eigenvalue weighted by Gasteiger charge is -2.26. The number of aliphatic hydroxyl groups is 1. The minimum Gasteiger partial charge on any atom is -0.385 e. The van der Waals surface area contributed by atoms with Gasteiger partial charge in [0.15, 0.2) is 0 Å². The van der Waals surface area contributed by atoms with Gasteiger partial charge < -0.3 is 5.11 Å². The summed E-state index contributed by atoms with van der Waals surface area (Å²) in [6.07, 6.45) is 0.275. The lowest BCUT2D eigenvalue weighted by Crippen LogP contribution is -2.25. The summed E-state index contributed by atoms with van der Waals surface area (Å²) in [5.74, 6) is -0.660. The second kappa shape index (κ2) is 5.10. The molecule has 19 heavy (non-hydrogen) atoms. The average Bonchev–Trinajstić information content (AvgIpc) is 2.27. The van der Waals surface area contributed by atoms with Gasteiger partial charge in [0.1, 0.15) is 11.6 Å². The molecule has 1 nitrogen and oxygen atoms in total. The van der Waals surface area contributed by atoms with E-state index in [9.17, 15) is 13.9 Å². The number of rotatable bonds is 3. The van der Waals surface area contributed by atoms with Gasteiger partial charge in [-0.05, 0) is 54.8 Å². The predicted molar refractivity (Wildman–Crippen MR) is 70.8 cm³/mol. The van der Waals surface area contributed by atoms with Crippen LogP contribution in [0.3, 0.4) is 0 Å². The highest BCUT2D eigenvalue weighted by molar-refractivity contribution is 5.33. The van der Waals surface area contributed by atoms with Gasteiger partial charge in [-0.2, -0.15) is 0 Å². The first kappa shape index (κ1) is 13.7. The Morgan fingerprint density at radius 2 is 1.74 bits per heavy atom. The van der Waals surface area contributed by atoms with E-state index in [2.05, 4.69) is 0 Å². The number of aryl methyl sites for hydroxylation is 1. The van der Waals surface area contributed by atoms with Crippen molar-refractivity contribution in [3.63, 3.8) is 0 Å². The fourth-order valence-electron chi connectivity index (χ4n) is 2.37. The van der Waals surface area contributed by atoms with Crippen LogP contribution in [0.4, 0.5) is 8.78 Å². The maximum Gasteiger partial charge on any atom is 0.123 e. The summed E-state index contributed by atoms with van der Waals surface area (Å²) in [7, 11) is 0. The van der Waals surface area contributed by atoms with Crippen molar-refractivity contribution in [3.05, 3.63) is 70.8 Å². The largest absolute Gasteiger partial charge is 0.385 e. The van der Waals surface area contributed by atoms with Crippen molar-refractivity contribution >= 4 is 0 Å². The van der Waals surface area contributed by atoms with Gasteiger partial charge in [-0.3, -0.25) is 0 Å². The van der Waals surface area contributed by atoms with E-state index in [4.69, 9.17) is 0 Å². The second-order valence-corrected chi connectivity index (χ2v) is 5.04. The molecule has 0 heterocycles. The number of hydrogen-bond donors (Lipinski definition) is 1. The van der Waals surface area contributed by atoms with Crippen molar-refractivity contribution in [2.75, 3.05) is 0 Å². The van der Waals surface area contributed by atoms with Crippen LogP contribution in [0.1, 0.15) is 23.6 Å². The van der Waals surface area contributed by atoms with Crippen LogP contribution in [0.15, 0.2) is 42.5 Å². The maximum absolute atomic E-state index is 13.1. The standard InChI is InChI=1S/C16H16F2O/c1-11-8-14(18)6-7-15(11)16(2,19)10-12-4-3-5-13(17)9-12/h3-9,19H,10H2,1-2H3. The molecular formula is C16H16F2O. The predicted octanol–water partition coefficient (Wildman–Crippen LogP) is 3.72. The quantitative estimate of drug-likeness (QED) is 0.893. The molecule has 0 amide bonds. The van der Waals surface area contributed by atoms with Gasteiger partial charge >= 0.3 is 0 Å². The molecule has 2 rings (SSSR count). The molecule has 0 saturated heterocycles. The van der Waals surface area contributed by atoms with Crippen LogP contribution >= 0.6 is 0 Å². The van der Waals surface area contributed by atoms with Crippen molar-refractivity contribution in [2.45, 2.75) is 25.9 Å². The average molecular weight is 262 g/mol. The molecule has 0 saturated carbocycles.